The van der Waals surface area contributed by atoms with Crippen LogP contribution in [-0.2, 0) is 4.79 Å². The third kappa shape index (κ3) is 5.73. The van der Waals surface area contributed by atoms with E-state index < -0.39 is 16.8 Å². The Morgan fingerprint density at radius 2 is 1.80 bits per heavy atom. The third-order valence-corrected chi connectivity index (χ3v) is 3.75. The Morgan fingerprint density at radius 3 is 2.43 bits per heavy atom. The fourth-order valence-electron chi connectivity index (χ4n) is 2.27. The number of esters is 1. The van der Waals surface area contributed by atoms with E-state index in [0.29, 0.717) is 17.1 Å². The van der Waals surface area contributed by atoms with E-state index in [0.717, 1.165) is 0 Å². The highest BCUT2D eigenvalue weighted by atomic mass is 16.6. The molecule has 0 bridgehead atoms. The first-order chi connectivity index (χ1) is 14.5. The van der Waals surface area contributed by atoms with Gasteiger partial charge in [0.25, 0.3) is 11.6 Å². The number of benzene rings is 2. The standard InChI is InChI=1S/C21H15N3O6/c25-20(12-11-18-2-1-13-29-18)30-19-9-3-15(4-10-19)14-22-23-21(26)16-5-7-17(8-6-16)24(27)28/h1-14H,(H,23,26)/b12-11+,22-14?. The van der Waals surface area contributed by atoms with Crippen molar-refractivity contribution in [1.82, 2.24) is 5.43 Å². The number of hydrazone groups is 1. The minimum atomic E-state index is -0.553. The van der Waals surface area contributed by atoms with Crippen LogP contribution in [0.15, 0.2) is 82.5 Å². The van der Waals surface area contributed by atoms with Crippen molar-refractivity contribution in [3.63, 3.8) is 0 Å². The molecule has 30 heavy (non-hydrogen) atoms. The molecule has 9 nitrogen and oxygen atoms in total. The molecule has 0 atom stereocenters. The number of hydrogen-bond acceptors (Lipinski definition) is 7. The Labute approximate surface area is 170 Å². The summed E-state index contributed by atoms with van der Waals surface area (Å²) in [6.07, 6.45) is 5.66. The van der Waals surface area contributed by atoms with E-state index in [4.69, 9.17) is 9.15 Å². The minimum absolute atomic E-state index is 0.104. The van der Waals surface area contributed by atoms with Crippen molar-refractivity contribution in [2.45, 2.75) is 0 Å². The van der Waals surface area contributed by atoms with Gasteiger partial charge in [-0.1, -0.05) is 0 Å². The Hall–Kier alpha value is -4.53. The summed E-state index contributed by atoms with van der Waals surface area (Å²) >= 11 is 0. The van der Waals surface area contributed by atoms with Gasteiger partial charge in [0, 0.05) is 23.8 Å². The predicted octanol–water partition coefficient (Wildman–Crippen LogP) is 3.57. The number of nitrogens with zero attached hydrogens (tertiary/aromatic N) is 2. The summed E-state index contributed by atoms with van der Waals surface area (Å²) < 4.78 is 10.2. The van der Waals surface area contributed by atoms with E-state index >= 15 is 0 Å². The highest BCUT2D eigenvalue weighted by Gasteiger charge is 2.08. The average Bonchev–Trinajstić information content (AvgIpc) is 3.27. The summed E-state index contributed by atoms with van der Waals surface area (Å²) in [5, 5.41) is 14.5. The average molecular weight is 405 g/mol. The summed E-state index contributed by atoms with van der Waals surface area (Å²) in [5.41, 5.74) is 3.12. The van der Waals surface area contributed by atoms with E-state index in [1.165, 1.54) is 48.9 Å². The van der Waals surface area contributed by atoms with Crippen molar-refractivity contribution >= 4 is 29.9 Å². The van der Waals surface area contributed by atoms with Crippen LogP contribution >= 0.6 is 0 Å². The van der Waals surface area contributed by atoms with Crippen molar-refractivity contribution in [3.05, 3.63) is 100 Å². The Balaban J connectivity index is 1.51. The molecule has 1 aromatic heterocycles. The van der Waals surface area contributed by atoms with Crippen LogP contribution in [-0.4, -0.2) is 23.0 Å². The molecule has 0 aliphatic carbocycles. The molecule has 0 unspecified atom stereocenters. The number of carbonyl (C=O) groups excluding carboxylic acids is 2. The van der Waals surface area contributed by atoms with Gasteiger partial charge in [-0.2, -0.15) is 5.10 Å². The van der Waals surface area contributed by atoms with E-state index in [9.17, 15) is 19.7 Å². The molecule has 1 heterocycles. The summed E-state index contributed by atoms with van der Waals surface area (Å²) in [6, 6.07) is 15.0. The topological polar surface area (TPSA) is 124 Å². The molecule has 0 saturated carbocycles. The fourth-order valence-corrected chi connectivity index (χ4v) is 2.27. The first kappa shape index (κ1) is 20.2. The Bertz CT molecular complexity index is 1080. The van der Waals surface area contributed by atoms with Gasteiger partial charge in [0.15, 0.2) is 0 Å². The lowest BCUT2D eigenvalue weighted by molar-refractivity contribution is -0.384. The number of amides is 1. The monoisotopic (exact) mass is 405 g/mol. The summed E-state index contributed by atoms with van der Waals surface area (Å²) in [6.45, 7) is 0. The maximum atomic E-state index is 12.0. The molecule has 3 rings (SSSR count). The normalized spacial score (nSPS) is 10.9. The van der Waals surface area contributed by atoms with Crippen LogP contribution in [0.5, 0.6) is 5.75 Å². The molecule has 0 aliphatic rings. The van der Waals surface area contributed by atoms with Gasteiger partial charge in [0.05, 0.1) is 17.4 Å². The van der Waals surface area contributed by atoms with E-state index in [2.05, 4.69) is 10.5 Å². The zero-order valence-corrected chi connectivity index (χ0v) is 15.4. The number of nitro groups is 1. The van der Waals surface area contributed by atoms with Gasteiger partial charge in [-0.3, -0.25) is 14.9 Å². The predicted molar refractivity (Wildman–Crippen MR) is 108 cm³/mol. The first-order valence-corrected chi connectivity index (χ1v) is 8.62. The van der Waals surface area contributed by atoms with E-state index in [1.54, 1.807) is 36.4 Å². The van der Waals surface area contributed by atoms with Crippen LogP contribution in [0.3, 0.4) is 0 Å². The van der Waals surface area contributed by atoms with Gasteiger partial charge in [0.1, 0.15) is 11.5 Å². The highest BCUT2D eigenvalue weighted by molar-refractivity contribution is 5.95. The lowest BCUT2D eigenvalue weighted by Crippen LogP contribution is -2.17. The van der Waals surface area contributed by atoms with Gasteiger partial charge >= 0.3 is 5.97 Å². The van der Waals surface area contributed by atoms with Crippen molar-refractivity contribution in [1.29, 1.82) is 0 Å². The fraction of sp³-hybridized carbons (Fsp3) is 0. The molecule has 0 radical (unpaired) electrons. The molecule has 1 amide bonds. The largest absolute Gasteiger partial charge is 0.465 e. The van der Waals surface area contributed by atoms with Crippen molar-refractivity contribution in [3.8, 4) is 5.75 Å². The molecule has 0 aliphatic heterocycles. The Morgan fingerprint density at radius 1 is 1.07 bits per heavy atom. The molecule has 2 aromatic carbocycles. The summed E-state index contributed by atoms with van der Waals surface area (Å²) in [4.78, 5) is 33.8. The van der Waals surface area contributed by atoms with Gasteiger partial charge in [-0.15, -0.1) is 0 Å². The molecular formula is C21H15N3O6. The third-order valence-electron chi connectivity index (χ3n) is 3.75. The van der Waals surface area contributed by atoms with Crippen molar-refractivity contribution in [2.75, 3.05) is 0 Å². The SMILES string of the molecule is O=C(/C=C/c1ccco1)Oc1ccc(C=NNC(=O)c2ccc([N+](=O)[O-])cc2)cc1. The number of non-ortho nitro benzene ring substituents is 1. The van der Waals surface area contributed by atoms with Crippen LogP contribution in [0.2, 0.25) is 0 Å². The second-order valence-electron chi connectivity index (χ2n) is 5.84. The number of carbonyl (C=O) groups is 2. The number of hydrogen-bond donors (Lipinski definition) is 1. The number of nitro benzene ring substituents is 1. The van der Waals surface area contributed by atoms with Crippen molar-refractivity contribution < 1.29 is 23.7 Å². The first-order valence-electron chi connectivity index (χ1n) is 8.62. The van der Waals surface area contributed by atoms with Crippen LogP contribution in [0.1, 0.15) is 21.7 Å². The lowest BCUT2D eigenvalue weighted by atomic mass is 10.2. The quantitative estimate of drug-likeness (QED) is 0.160. The minimum Gasteiger partial charge on any atom is -0.465 e. The molecule has 150 valence electrons. The molecule has 0 fully saturated rings. The van der Waals surface area contributed by atoms with Crippen LogP contribution in [0.4, 0.5) is 5.69 Å². The van der Waals surface area contributed by atoms with Gasteiger partial charge in [-0.05, 0) is 60.2 Å². The second-order valence-corrected chi connectivity index (χ2v) is 5.84. The molecule has 0 saturated heterocycles. The number of nitrogens with one attached hydrogen (secondary N) is 1. The van der Waals surface area contributed by atoms with Gasteiger partial charge in [-0.25, -0.2) is 10.2 Å². The van der Waals surface area contributed by atoms with Crippen LogP contribution in [0.25, 0.3) is 6.08 Å². The van der Waals surface area contributed by atoms with Crippen LogP contribution < -0.4 is 10.2 Å². The zero-order valence-electron chi connectivity index (χ0n) is 15.4. The summed E-state index contributed by atoms with van der Waals surface area (Å²) in [7, 11) is 0. The molecule has 9 heteroatoms. The number of furan rings is 1. The highest BCUT2D eigenvalue weighted by Crippen LogP contribution is 2.13. The molecular weight excluding hydrogens is 390 g/mol. The molecule has 1 N–H and O–H groups in total. The maximum absolute atomic E-state index is 12.0. The number of ether oxygens (including phenoxy) is 1. The Kier molecular flexibility index (Phi) is 6.47. The van der Waals surface area contributed by atoms with Crippen molar-refractivity contribution in [2.24, 2.45) is 5.10 Å². The van der Waals surface area contributed by atoms with Gasteiger partial charge in [0.2, 0.25) is 0 Å². The lowest BCUT2D eigenvalue weighted by Gasteiger charge is -2.02. The maximum Gasteiger partial charge on any atom is 0.336 e. The number of rotatable bonds is 7. The van der Waals surface area contributed by atoms with E-state index in [-0.39, 0.29) is 11.3 Å². The molecule has 0 spiro atoms. The van der Waals surface area contributed by atoms with Crippen LogP contribution in [0, 0.1) is 10.1 Å². The molecule has 3 aromatic rings. The second kappa shape index (κ2) is 9.60. The van der Waals surface area contributed by atoms with Gasteiger partial charge < -0.3 is 9.15 Å². The smallest absolute Gasteiger partial charge is 0.336 e. The summed E-state index contributed by atoms with van der Waals surface area (Å²) in [5.74, 6) is -0.177. The zero-order chi connectivity index (χ0) is 21.3. The van der Waals surface area contributed by atoms with E-state index in [1.807, 2.05) is 0 Å².